The van der Waals surface area contributed by atoms with Gasteiger partial charge in [-0.25, -0.2) is 14.6 Å². The summed E-state index contributed by atoms with van der Waals surface area (Å²) in [6.07, 6.45) is 0. The Balaban J connectivity index is 2.92. The first kappa shape index (κ1) is 13.6. The number of hydrogen-bond donors (Lipinski definition) is 2. The monoisotopic (exact) mass is 277 g/mol. The van der Waals surface area contributed by atoms with Gasteiger partial charge in [0, 0.05) is 11.5 Å². The molecule has 0 aliphatic carbocycles. The third-order valence-electron chi connectivity index (χ3n) is 2.76. The van der Waals surface area contributed by atoms with E-state index in [1.165, 1.54) is 26.4 Å². The van der Waals surface area contributed by atoms with Gasteiger partial charge in [0.2, 0.25) is 0 Å². The number of carboxylic acid groups (broad SMARTS) is 2. The Morgan fingerprint density at radius 1 is 1.05 bits per heavy atom. The minimum absolute atomic E-state index is 0.158. The summed E-state index contributed by atoms with van der Waals surface area (Å²) in [5.41, 5.74) is -0.381. The van der Waals surface area contributed by atoms with E-state index in [2.05, 4.69) is 4.98 Å². The fraction of sp³-hybridized carbons (Fsp3) is 0.154. The number of carbonyl (C=O) groups is 2. The topological polar surface area (TPSA) is 106 Å². The number of aromatic nitrogens is 1. The van der Waals surface area contributed by atoms with Crippen molar-refractivity contribution in [2.24, 2.45) is 0 Å². The van der Waals surface area contributed by atoms with Crippen LogP contribution in [0.2, 0.25) is 0 Å². The molecule has 2 N–H and O–H groups in total. The lowest BCUT2D eigenvalue weighted by Gasteiger charge is -2.10. The van der Waals surface area contributed by atoms with Crippen LogP contribution in [0.1, 0.15) is 20.8 Å². The highest BCUT2D eigenvalue weighted by atomic mass is 16.5. The smallest absolute Gasteiger partial charge is 0.354 e. The highest BCUT2D eigenvalue weighted by molar-refractivity contribution is 6.06. The molecule has 0 fully saturated rings. The molecule has 2 aromatic rings. The average molecular weight is 277 g/mol. The summed E-state index contributed by atoms with van der Waals surface area (Å²) in [5, 5.41) is 18.5. The van der Waals surface area contributed by atoms with Crippen LogP contribution >= 0.6 is 0 Å². The second-order valence-corrected chi connectivity index (χ2v) is 3.89. The van der Waals surface area contributed by atoms with Gasteiger partial charge in [-0.3, -0.25) is 0 Å². The molecule has 0 amide bonds. The lowest BCUT2D eigenvalue weighted by Crippen LogP contribution is -2.07. The van der Waals surface area contributed by atoms with Gasteiger partial charge in [-0.05, 0) is 12.1 Å². The van der Waals surface area contributed by atoms with Gasteiger partial charge >= 0.3 is 11.9 Å². The van der Waals surface area contributed by atoms with Crippen molar-refractivity contribution in [2.45, 2.75) is 0 Å². The number of hydrogen-bond acceptors (Lipinski definition) is 5. The van der Waals surface area contributed by atoms with Crippen molar-refractivity contribution < 1.29 is 29.3 Å². The van der Waals surface area contributed by atoms with E-state index in [9.17, 15) is 14.7 Å². The molecule has 0 aliphatic rings. The highest BCUT2D eigenvalue weighted by Gasteiger charge is 2.19. The number of carboxylic acids is 2. The van der Waals surface area contributed by atoms with E-state index < -0.39 is 11.9 Å². The quantitative estimate of drug-likeness (QED) is 0.875. The predicted molar refractivity (Wildman–Crippen MR) is 68.8 cm³/mol. The van der Waals surface area contributed by atoms with Crippen molar-refractivity contribution in [2.75, 3.05) is 14.2 Å². The zero-order valence-corrected chi connectivity index (χ0v) is 10.7. The number of benzene rings is 1. The molecule has 1 aromatic carbocycles. The number of nitrogens with zero attached hydrogens (tertiary/aromatic N) is 1. The number of rotatable bonds is 4. The zero-order chi connectivity index (χ0) is 14.9. The molecule has 1 heterocycles. The normalized spacial score (nSPS) is 10.3. The first-order valence-corrected chi connectivity index (χ1v) is 5.51. The lowest BCUT2D eigenvalue weighted by molar-refractivity contribution is 0.0691. The second kappa shape index (κ2) is 5.04. The first-order chi connectivity index (χ1) is 9.47. The van der Waals surface area contributed by atoms with Crippen LogP contribution in [0.15, 0.2) is 18.2 Å². The molecule has 0 atom stereocenters. The minimum atomic E-state index is -1.31. The van der Waals surface area contributed by atoms with Gasteiger partial charge in [0.25, 0.3) is 0 Å². The summed E-state index contributed by atoms with van der Waals surface area (Å²) in [7, 11) is 2.81. The van der Waals surface area contributed by atoms with Gasteiger partial charge in [0.05, 0.1) is 19.8 Å². The van der Waals surface area contributed by atoms with Gasteiger partial charge in [-0.2, -0.15) is 0 Å². The van der Waals surface area contributed by atoms with E-state index in [0.29, 0.717) is 5.75 Å². The zero-order valence-electron chi connectivity index (χ0n) is 10.7. The molecule has 2 rings (SSSR count). The number of aromatic carboxylic acids is 2. The summed E-state index contributed by atoms with van der Waals surface area (Å²) in [4.78, 5) is 26.2. The maximum absolute atomic E-state index is 11.3. The molecular formula is C13H11NO6. The van der Waals surface area contributed by atoms with Crippen LogP contribution in [0.5, 0.6) is 11.5 Å². The summed E-state index contributed by atoms with van der Waals surface area (Å²) < 4.78 is 10.2. The maximum atomic E-state index is 11.3. The number of fused-ring (bicyclic) bond motifs is 1. The van der Waals surface area contributed by atoms with Crippen molar-refractivity contribution in [1.29, 1.82) is 0 Å². The van der Waals surface area contributed by atoms with Crippen LogP contribution in [0.4, 0.5) is 0 Å². The Labute approximate surface area is 113 Å². The van der Waals surface area contributed by atoms with Gasteiger partial charge in [-0.1, -0.05) is 0 Å². The Hall–Kier alpha value is -2.83. The van der Waals surface area contributed by atoms with E-state index in [4.69, 9.17) is 14.6 Å². The summed E-state index contributed by atoms with van der Waals surface area (Å²) in [5.74, 6) is -1.94. The first-order valence-electron chi connectivity index (χ1n) is 5.51. The third-order valence-corrected chi connectivity index (χ3v) is 2.76. The van der Waals surface area contributed by atoms with Crippen LogP contribution in [-0.4, -0.2) is 41.4 Å². The predicted octanol–water partition coefficient (Wildman–Crippen LogP) is 1.65. The highest BCUT2D eigenvalue weighted by Crippen LogP contribution is 2.32. The van der Waals surface area contributed by atoms with Crippen molar-refractivity contribution in [3.05, 3.63) is 29.5 Å². The van der Waals surface area contributed by atoms with Crippen LogP contribution in [0.3, 0.4) is 0 Å². The average Bonchev–Trinajstić information content (AvgIpc) is 2.44. The molecule has 7 heteroatoms. The number of methoxy groups -OCH3 is 2. The molecule has 0 saturated carbocycles. The van der Waals surface area contributed by atoms with E-state index in [1.807, 2.05) is 0 Å². The molecule has 7 nitrogen and oxygen atoms in total. The van der Waals surface area contributed by atoms with Crippen LogP contribution in [0, 0.1) is 0 Å². The van der Waals surface area contributed by atoms with Crippen molar-refractivity contribution in [3.8, 4) is 11.5 Å². The molecule has 1 aromatic heterocycles. The Kier molecular flexibility index (Phi) is 3.43. The fourth-order valence-corrected chi connectivity index (χ4v) is 1.83. The van der Waals surface area contributed by atoms with Gasteiger partial charge in [0.15, 0.2) is 0 Å². The molecule has 0 saturated heterocycles. The summed E-state index contributed by atoms with van der Waals surface area (Å²) >= 11 is 0. The molecule has 0 aliphatic heterocycles. The van der Waals surface area contributed by atoms with Gasteiger partial charge in [-0.15, -0.1) is 0 Å². The van der Waals surface area contributed by atoms with Crippen molar-refractivity contribution in [1.82, 2.24) is 4.98 Å². The SMILES string of the molecule is COc1cc(OC)c2nc(C(=O)O)cc(C(=O)O)c2c1. The Bertz CT molecular complexity index is 710. The molecule has 0 bridgehead atoms. The van der Waals surface area contributed by atoms with Crippen LogP contribution in [-0.2, 0) is 0 Å². The van der Waals surface area contributed by atoms with E-state index in [1.54, 1.807) is 0 Å². The third kappa shape index (κ3) is 2.20. The Morgan fingerprint density at radius 2 is 1.75 bits per heavy atom. The lowest BCUT2D eigenvalue weighted by atomic mass is 10.1. The standard InChI is InChI=1S/C13H11NO6/c1-19-6-3-7-8(12(15)16)5-9(13(17)18)14-11(7)10(4-6)20-2/h3-5H,1-2H3,(H,15,16)(H,17,18). The van der Waals surface area contributed by atoms with Gasteiger partial charge < -0.3 is 19.7 Å². The van der Waals surface area contributed by atoms with E-state index >= 15 is 0 Å². The molecule has 0 radical (unpaired) electrons. The largest absolute Gasteiger partial charge is 0.497 e. The van der Waals surface area contributed by atoms with Crippen molar-refractivity contribution in [3.63, 3.8) is 0 Å². The second-order valence-electron chi connectivity index (χ2n) is 3.89. The fourth-order valence-electron chi connectivity index (χ4n) is 1.83. The molecule has 104 valence electrons. The summed E-state index contributed by atoms with van der Waals surface area (Å²) in [6.45, 7) is 0. The van der Waals surface area contributed by atoms with Crippen molar-refractivity contribution >= 4 is 22.8 Å². The molecule has 20 heavy (non-hydrogen) atoms. The molecule has 0 spiro atoms. The van der Waals surface area contributed by atoms with E-state index in [-0.39, 0.29) is 27.9 Å². The summed E-state index contributed by atoms with van der Waals surface area (Å²) in [6, 6.07) is 3.98. The molecular weight excluding hydrogens is 266 g/mol. The minimum Gasteiger partial charge on any atom is -0.497 e. The van der Waals surface area contributed by atoms with Crippen LogP contribution in [0.25, 0.3) is 10.9 Å². The Morgan fingerprint density at radius 3 is 2.25 bits per heavy atom. The number of ether oxygens (including phenoxy) is 2. The van der Waals surface area contributed by atoms with Gasteiger partial charge in [0.1, 0.15) is 22.7 Å². The molecule has 0 unspecified atom stereocenters. The maximum Gasteiger partial charge on any atom is 0.354 e. The van der Waals surface area contributed by atoms with Crippen LogP contribution < -0.4 is 9.47 Å². The van der Waals surface area contributed by atoms with E-state index in [0.717, 1.165) is 6.07 Å². The number of pyridine rings is 1.